The molecule has 0 aliphatic carbocycles. The highest BCUT2D eigenvalue weighted by Crippen LogP contribution is 2.14. The first kappa shape index (κ1) is 23.2. The van der Waals surface area contributed by atoms with Crippen LogP contribution in [0.2, 0.25) is 0 Å². The van der Waals surface area contributed by atoms with E-state index < -0.39 is 39.1 Å². The smallest absolute Gasteiger partial charge is 0.408 e. The maximum absolute atomic E-state index is 12.0. The number of esters is 1. The van der Waals surface area contributed by atoms with E-state index in [-0.39, 0.29) is 11.5 Å². The van der Waals surface area contributed by atoms with Gasteiger partial charge < -0.3 is 19.5 Å². The van der Waals surface area contributed by atoms with Gasteiger partial charge in [-0.15, -0.1) is 0 Å². The van der Waals surface area contributed by atoms with E-state index >= 15 is 0 Å². The Bertz CT molecular complexity index is 579. The molecular formula is C16H29NO7S. The molecule has 1 N–H and O–H groups in total. The number of rotatable bonds is 6. The second-order valence-electron chi connectivity index (χ2n) is 7.51. The molecule has 0 aliphatic rings. The second kappa shape index (κ2) is 8.55. The lowest BCUT2D eigenvalue weighted by Crippen LogP contribution is -2.40. The van der Waals surface area contributed by atoms with E-state index in [1.165, 1.54) is 7.11 Å². The fourth-order valence-corrected chi connectivity index (χ4v) is 2.39. The minimum Gasteiger partial charge on any atom is -0.487 e. The normalized spacial score (nSPS) is 14.5. The van der Waals surface area contributed by atoms with Crippen LogP contribution < -0.4 is 5.32 Å². The van der Waals surface area contributed by atoms with Crippen molar-refractivity contribution in [2.45, 2.75) is 65.2 Å². The summed E-state index contributed by atoms with van der Waals surface area (Å²) in [6.45, 7) is 10.2. The molecule has 1 unspecified atom stereocenters. The van der Waals surface area contributed by atoms with Crippen molar-refractivity contribution in [3.63, 3.8) is 0 Å². The third-order valence-corrected chi connectivity index (χ3v) is 3.45. The fourth-order valence-electron chi connectivity index (χ4n) is 1.68. The summed E-state index contributed by atoms with van der Waals surface area (Å²) < 4.78 is 38.5. The van der Waals surface area contributed by atoms with Crippen molar-refractivity contribution in [1.82, 2.24) is 5.32 Å². The average Bonchev–Trinajstić information content (AvgIpc) is 2.28. The summed E-state index contributed by atoms with van der Waals surface area (Å²) in [6.07, 6.45) is 1.03. The highest BCUT2D eigenvalue weighted by atomic mass is 32.2. The van der Waals surface area contributed by atoms with Crippen molar-refractivity contribution < 1.29 is 32.2 Å². The summed E-state index contributed by atoms with van der Waals surface area (Å²) >= 11 is 0. The van der Waals surface area contributed by atoms with Crippen molar-refractivity contribution in [3.05, 3.63) is 11.2 Å². The molecule has 0 fully saturated rings. The van der Waals surface area contributed by atoms with Gasteiger partial charge >= 0.3 is 12.1 Å². The standard InChI is InChI=1S/C16H29NO7S/c1-15(2,3)23-12(18)9-11(10-13(22-7)25(8,20)21)17-14(19)24-16(4,5)6/h10-11H,9H2,1-8H3,(H,17,19). The van der Waals surface area contributed by atoms with Gasteiger partial charge in [-0.3, -0.25) is 4.79 Å². The molecule has 8 nitrogen and oxygen atoms in total. The Morgan fingerprint density at radius 2 is 1.52 bits per heavy atom. The van der Waals surface area contributed by atoms with Gasteiger partial charge in [0.1, 0.15) is 11.2 Å². The number of sulfone groups is 1. The predicted octanol–water partition coefficient (Wildman–Crippen LogP) is 2.14. The van der Waals surface area contributed by atoms with E-state index in [0.29, 0.717) is 0 Å². The van der Waals surface area contributed by atoms with Crippen LogP contribution in [0.1, 0.15) is 48.0 Å². The zero-order valence-electron chi connectivity index (χ0n) is 16.1. The van der Waals surface area contributed by atoms with Crippen LogP contribution in [0, 0.1) is 0 Å². The van der Waals surface area contributed by atoms with Gasteiger partial charge in [0.25, 0.3) is 0 Å². The first-order chi connectivity index (χ1) is 11.0. The van der Waals surface area contributed by atoms with E-state index in [1.54, 1.807) is 41.5 Å². The van der Waals surface area contributed by atoms with Gasteiger partial charge in [-0.2, -0.15) is 0 Å². The Hall–Kier alpha value is -1.77. The van der Waals surface area contributed by atoms with Gasteiger partial charge in [0.15, 0.2) is 0 Å². The lowest BCUT2D eigenvalue weighted by atomic mass is 10.1. The Labute approximate surface area is 149 Å². The molecule has 0 rings (SSSR count). The minimum atomic E-state index is -3.66. The number of hydrogen-bond acceptors (Lipinski definition) is 7. The van der Waals surface area contributed by atoms with Crippen molar-refractivity contribution in [2.24, 2.45) is 0 Å². The number of alkyl carbamates (subject to hydrolysis) is 1. The van der Waals surface area contributed by atoms with Gasteiger partial charge in [-0.25, -0.2) is 13.2 Å². The molecule has 0 bridgehead atoms. The maximum Gasteiger partial charge on any atom is 0.408 e. The third kappa shape index (κ3) is 11.4. The van der Waals surface area contributed by atoms with Crippen LogP contribution >= 0.6 is 0 Å². The number of hydrogen-bond donors (Lipinski definition) is 1. The zero-order valence-corrected chi connectivity index (χ0v) is 16.9. The van der Waals surface area contributed by atoms with Gasteiger partial charge in [-0.1, -0.05) is 0 Å². The maximum atomic E-state index is 12.0. The molecular weight excluding hydrogens is 350 g/mol. The van der Waals surface area contributed by atoms with Crippen LogP contribution in [0.4, 0.5) is 4.79 Å². The molecule has 1 atom stereocenters. The first-order valence-corrected chi connectivity index (χ1v) is 9.60. The Balaban J connectivity index is 5.41. The number of carbonyl (C=O) groups excluding carboxylic acids is 2. The minimum absolute atomic E-state index is 0.279. The van der Waals surface area contributed by atoms with Crippen LogP contribution in [-0.2, 0) is 28.8 Å². The van der Waals surface area contributed by atoms with E-state index in [0.717, 1.165) is 12.3 Å². The number of methoxy groups -OCH3 is 1. The van der Waals surface area contributed by atoms with Crippen molar-refractivity contribution >= 4 is 21.9 Å². The zero-order chi connectivity index (χ0) is 20.1. The third-order valence-electron chi connectivity index (χ3n) is 2.41. The number of nitrogens with one attached hydrogen (secondary N) is 1. The molecule has 0 spiro atoms. The number of amides is 1. The molecule has 25 heavy (non-hydrogen) atoms. The lowest BCUT2D eigenvalue weighted by Gasteiger charge is -2.24. The molecule has 0 aromatic carbocycles. The highest BCUT2D eigenvalue weighted by Gasteiger charge is 2.25. The van der Waals surface area contributed by atoms with E-state index in [1.807, 2.05) is 0 Å². The molecule has 0 radical (unpaired) electrons. The largest absolute Gasteiger partial charge is 0.487 e. The molecule has 0 saturated heterocycles. The van der Waals surface area contributed by atoms with E-state index in [9.17, 15) is 18.0 Å². The summed E-state index contributed by atoms with van der Waals surface area (Å²) in [5.74, 6) is -0.603. The summed E-state index contributed by atoms with van der Waals surface area (Å²) in [4.78, 5) is 24.0. The predicted molar refractivity (Wildman–Crippen MR) is 93.6 cm³/mol. The van der Waals surface area contributed by atoms with Crippen LogP contribution in [0.3, 0.4) is 0 Å². The molecule has 0 aromatic heterocycles. The second-order valence-corrected chi connectivity index (χ2v) is 9.45. The van der Waals surface area contributed by atoms with Crippen LogP contribution in [0.5, 0.6) is 0 Å². The van der Waals surface area contributed by atoms with Gasteiger partial charge in [-0.05, 0) is 47.6 Å². The number of carbonyl (C=O) groups is 2. The molecule has 0 aliphatic heterocycles. The molecule has 0 heterocycles. The summed E-state index contributed by atoms with van der Waals surface area (Å²) in [5, 5.41) is 2.08. The monoisotopic (exact) mass is 379 g/mol. The highest BCUT2D eigenvalue weighted by molar-refractivity contribution is 7.94. The fraction of sp³-hybridized carbons (Fsp3) is 0.750. The summed E-state index contributed by atoms with van der Waals surface area (Å²) in [7, 11) is -2.47. The van der Waals surface area contributed by atoms with Gasteiger partial charge in [0.2, 0.25) is 14.9 Å². The van der Waals surface area contributed by atoms with Crippen LogP contribution in [-0.4, -0.2) is 51.1 Å². The first-order valence-electron chi connectivity index (χ1n) is 7.71. The van der Waals surface area contributed by atoms with E-state index in [4.69, 9.17) is 14.2 Å². The molecule has 146 valence electrons. The molecule has 0 aromatic rings. The summed E-state index contributed by atoms with van der Waals surface area (Å²) in [5.41, 5.74) is -1.45. The van der Waals surface area contributed by atoms with E-state index in [2.05, 4.69) is 5.32 Å². The van der Waals surface area contributed by atoms with Gasteiger partial charge in [0, 0.05) is 6.26 Å². The quantitative estimate of drug-likeness (QED) is 0.556. The average molecular weight is 379 g/mol. The Morgan fingerprint density at radius 1 is 1.04 bits per heavy atom. The Kier molecular flexibility index (Phi) is 7.95. The van der Waals surface area contributed by atoms with Crippen molar-refractivity contribution in [2.75, 3.05) is 13.4 Å². The van der Waals surface area contributed by atoms with Crippen molar-refractivity contribution in [3.8, 4) is 0 Å². The van der Waals surface area contributed by atoms with Gasteiger partial charge in [0.05, 0.1) is 19.6 Å². The SMILES string of the molecule is COC(=CC(CC(=O)OC(C)(C)C)NC(=O)OC(C)(C)C)S(C)(=O)=O. The van der Waals surface area contributed by atoms with Crippen LogP contribution in [0.25, 0.3) is 0 Å². The molecule has 0 saturated carbocycles. The summed E-state index contributed by atoms with van der Waals surface area (Å²) in [6, 6.07) is -0.977. The lowest BCUT2D eigenvalue weighted by molar-refractivity contribution is -0.155. The molecule has 9 heteroatoms. The Morgan fingerprint density at radius 3 is 1.88 bits per heavy atom. The van der Waals surface area contributed by atoms with Crippen LogP contribution in [0.15, 0.2) is 11.2 Å². The number of ether oxygens (including phenoxy) is 3. The molecule has 1 amide bonds. The topological polar surface area (TPSA) is 108 Å². The van der Waals surface area contributed by atoms with Crippen molar-refractivity contribution in [1.29, 1.82) is 0 Å².